The summed E-state index contributed by atoms with van der Waals surface area (Å²) in [7, 11) is 3.24. The molecule has 2 saturated heterocycles. The minimum absolute atomic E-state index is 0.107. The van der Waals surface area contributed by atoms with E-state index in [0.717, 1.165) is 0 Å². The number of fused-ring (bicyclic) bond motifs is 1. The minimum Gasteiger partial charge on any atom is -0.382 e. The van der Waals surface area contributed by atoms with E-state index in [9.17, 15) is 0 Å². The Morgan fingerprint density at radius 1 is 1.13 bits per heavy atom. The summed E-state index contributed by atoms with van der Waals surface area (Å²) in [5.74, 6) is -0.568. The van der Waals surface area contributed by atoms with Crippen LogP contribution in [-0.2, 0) is 23.7 Å². The van der Waals surface area contributed by atoms with Gasteiger partial charge in [0.25, 0.3) is 0 Å². The van der Waals surface area contributed by atoms with Gasteiger partial charge in [-0.3, -0.25) is 0 Å². The van der Waals surface area contributed by atoms with Crippen LogP contribution >= 0.6 is 0 Å². The highest BCUT2D eigenvalue weighted by Gasteiger charge is 2.55. The van der Waals surface area contributed by atoms with E-state index in [2.05, 4.69) is 0 Å². The molecule has 88 valence electrons. The van der Waals surface area contributed by atoms with Crippen LogP contribution in [0.3, 0.4) is 0 Å². The first-order valence-corrected chi connectivity index (χ1v) is 5.10. The molecular formula is C10H18O5. The maximum absolute atomic E-state index is 5.76. The maximum atomic E-state index is 5.76. The largest absolute Gasteiger partial charge is 0.382 e. The number of hydrogen-bond donors (Lipinski definition) is 0. The summed E-state index contributed by atoms with van der Waals surface area (Å²) in [6.45, 7) is 4.27. The molecule has 0 aliphatic carbocycles. The standard InChI is InChI=1S/C10H18O5/c1-10(2)14-7-6(5-11-3)13-9(12-4)8(7)15-10/h6-9H,5H2,1-4H3/t6-,7+,8+,9?/m0/s1. The molecule has 15 heavy (non-hydrogen) atoms. The first kappa shape index (κ1) is 11.3. The fourth-order valence-corrected chi connectivity index (χ4v) is 2.13. The predicted octanol–water partition coefficient (Wildman–Crippen LogP) is 0.524. The molecule has 0 aromatic carbocycles. The van der Waals surface area contributed by atoms with Crippen molar-refractivity contribution in [3.05, 3.63) is 0 Å². The fourth-order valence-electron chi connectivity index (χ4n) is 2.13. The smallest absolute Gasteiger partial charge is 0.186 e. The third-order valence-electron chi connectivity index (χ3n) is 2.67. The Balaban J connectivity index is 2.08. The van der Waals surface area contributed by atoms with E-state index in [1.54, 1.807) is 14.2 Å². The molecular weight excluding hydrogens is 200 g/mol. The second kappa shape index (κ2) is 3.99. The van der Waals surface area contributed by atoms with Gasteiger partial charge in [-0.2, -0.15) is 0 Å². The number of methoxy groups -OCH3 is 2. The second-order valence-electron chi connectivity index (χ2n) is 4.30. The predicted molar refractivity (Wildman–Crippen MR) is 51.4 cm³/mol. The Morgan fingerprint density at radius 2 is 1.80 bits per heavy atom. The normalized spacial score (nSPS) is 43.2. The highest BCUT2D eigenvalue weighted by atomic mass is 16.8. The van der Waals surface area contributed by atoms with Gasteiger partial charge in [-0.1, -0.05) is 0 Å². The quantitative estimate of drug-likeness (QED) is 0.691. The molecule has 0 spiro atoms. The van der Waals surface area contributed by atoms with E-state index in [4.69, 9.17) is 23.7 Å². The average molecular weight is 218 g/mol. The molecule has 5 heteroatoms. The number of rotatable bonds is 3. The first-order valence-electron chi connectivity index (χ1n) is 5.10. The van der Waals surface area contributed by atoms with Crippen LogP contribution in [-0.4, -0.2) is 51.2 Å². The topological polar surface area (TPSA) is 46.2 Å². The van der Waals surface area contributed by atoms with Crippen molar-refractivity contribution in [3.8, 4) is 0 Å². The third-order valence-corrected chi connectivity index (χ3v) is 2.67. The molecule has 0 aromatic heterocycles. The van der Waals surface area contributed by atoms with Crippen molar-refractivity contribution < 1.29 is 23.7 Å². The molecule has 2 aliphatic rings. The number of hydrogen-bond acceptors (Lipinski definition) is 5. The lowest BCUT2D eigenvalue weighted by Gasteiger charge is -2.23. The van der Waals surface area contributed by atoms with E-state index in [-0.39, 0.29) is 24.6 Å². The zero-order valence-electron chi connectivity index (χ0n) is 9.56. The SMILES string of the molecule is COC[C@@H]1OC(OC)[C@@H]2OC(C)(C)O[C@H]12. The van der Waals surface area contributed by atoms with Gasteiger partial charge in [-0.15, -0.1) is 0 Å². The Hall–Kier alpha value is -0.200. The van der Waals surface area contributed by atoms with Gasteiger partial charge in [0.2, 0.25) is 0 Å². The molecule has 2 rings (SSSR count). The highest BCUT2D eigenvalue weighted by molar-refractivity contribution is 4.94. The van der Waals surface area contributed by atoms with Gasteiger partial charge in [0, 0.05) is 14.2 Å². The average Bonchev–Trinajstić information content (AvgIpc) is 2.61. The van der Waals surface area contributed by atoms with Gasteiger partial charge < -0.3 is 23.7 Å². The zero-order valence-corrected chi connectivity index (χ0v) is 9.56. The zero-order chi connectivity index (χ0) is 11.1. The van der Waals surface area contributed by atoms with Crippen LogP contribution in [0.1, 0.15) is 13.8 Å². The summed E-state index contributed by atoms with van der Waals surface area (Å²) in [5, 5.41) is 0. The van der Waals surface area contributed by atoms with Crippen molar-refractivity contribution >= 4 is 0 Å². The van der Waals surface area contributed by atoms with Crippen molar-refractivity contribution in [1.29, 1.82) is 0 Å². The van der Waals surface area contributed by atoms with Crippen LogP contribution in [0.15, 0.2) is 0 Å². The van der Waals surface area contributed by atoms with Gasteiger partial charge >= 0.3 is 0 Å². The summed E-state index contributed by atoms with van der Waals surface area (Å²) >= 11 is 0. The van der Waals surface area contributed by atoms with Crippen molar-refractivity contribution in [2.45, 2.75) is 44.2 Å². The van der Waals surface area contributed by atoms with Crippen LogP contribution in [0.2, 0.25) is 0 Å². The molecule has 0 bridgehead atoms. The molecule has 0 saturated carbocycles. The molecule has 5 nitrogen and oxygen atoms in total. The Labute approximate surface area is 89.6 Å². The Kier molecular flexibility index (Phi) is 3.00. The fraction of sp³-hybridized carbons (Fsp3) is 1.00. The van der Waals surface area contributed by atoms with Crippen LogP contribution in [0.25, 0.3) is 0 Å². The van der Waals surface area contributed by atoms with E-state index in [1.165, 1.54) is 0 Å². The van der Waals surface area contributed by atoms with Crippen molar-refractivity contribution in [2.75, 3.05) is 20.8 Å². The third kappa shape index (κ3) is 2.03. The molecule has 2 fully saturated rings. The molecule has 1 unspecified atom stereocenters. The Morgan fingerprint density at radius 3 is 2.40 bits per heavy atom. The number of ether oxygens (including phenoxy) is 5. The van der Waals surface area contributed by atoms with E-state index in [1.807, 2.05) is 13.8 Å². The molecule has 2 heterocycles. The summed E-state index contributed by atoms with van der Waals surface area (Å²) in [6, 6.07) is 0. The summed E-state index contributed by atoms with van der Waals surface area (Å²) in [5.41, 5.74) is 0. The Bertz CT molecular complexity index is 230. The van der Waals surface area contributed by atoms with Gasteiger partial charge in [-0.05, 0) is 13.8 Å². The maximum Gasteiger partial charge on any atom is 0.186 e. The van der Waals surface area contributed by atoms with Crippen LogP contribution in [0.5, 0.6) is 0 Å². The van der Waals surface area contributed by atoms with Gasteiger partial charge in [0.05, 0.1) is 6.61 Å². The van der Waals surface area contributed by atoms with Gasteiger partial charge in [0.15, 0.2) is 12.1 Å². The second-order valence-corrected chi connectivity index (χ2v) is 4.30. The van der Waals surface area contributed by atoms with Crippen molar-refractivity contribution in [3.63, 3.8) is 0 Å². The van der Waals surface area contributed by atoms with Gasteiger partial charge in [-0.25, -0.2) is 0 Å². The highest BCUT2D eigenvalue weighted by Crippen LogP contribution is 2.38. The lowest BCUT2D eigenvalue weighted by molar-refractivity contribution is -0.231. The minimum atomic E-state index is -0.568. The van der Waals surface area contributed by atoms with Crippen molar-refractivity contribution in [1.82, 2.24) is 0 Å². The van der Waals surface area contributed by atoms with E-state index >= 15 is 0 Å². The molecule has 0 aromatic rings. The van der Waals surface area contributed by atoms with Crippen LogP contribution in [0.4, 0.5) is 0 Å². The first-order chi connectivity index (χ1) is 7.07. The van der Waals surface area contributed by atoms with Crippen LogP contribution in [0, 0.1) is 0 Å². The monoisotopic (exact) mass is 218 g/mol. The van der Waals surface area contributed by atoms with Crippen LogP contribution < -0.4 is 0 Å². The molecule has 2 aliphatic heterocycles. The molecule has 0 amide bonds. The van der Waals surface area contributed by atoms with E-state index < -0.39 is 5.79 Å². The molecule has 4 atom stereocenters. The van der Waals surface area contributed by atoms with E-state index in [0.29, 0.717) is 6.61 Å². The summed E-state index contributed by atoms with van der Waals surface area (Å²) in [6.07, 6.45) is -0.751. The molecule has 0 radical (unpaired) electrons. The lowest BCUT2D eigenvalue weighted by Crippen LogP contribution is -2.32. The lowest BCUT2D eigenvalue weighted by atomic mass is 10.1. The molecule has 0 N–H and O–H groups in total. The summed E-state index contributed by atoms with van der Waals surface area (Å²) in [4.78, 5) is 0. The van der Waals surface area contributed by atoms with Gasteiger partial charge in [0.1, 0.15) is 18.3 Å². The van der Waals surface area contributed by atoms with Crippen molar-refractivity contribution in [2.24, 2.45) is 0 Å². The summed E-state index contributed by atoms with van der Waals surface area (Å²) < 4.78 is 27.4.